The van der Waals surface area contributed by atoms with Crippen LogP contribution in [0, 0.1) is 0 Å². The number of aliphatic hydroxyl groups excluding tert-OH is 1. The molecule has 1 aromatic heterocycles. The third kappa shape index (κ3) is 3.65. The lowest BCUT2D eigenvalue weighted by molar-refractivity contribution is 0.0737. The molecule has 0 spiro atoms. The summed E-state index contributed by atoms with van der Waals surface area (Å²) < 4.78 is 5.29. The number of likely N-dealkylation sites (N-methyl/N-ethyl adjacent to an activating group) is 1. The number of aliphatic hydroxyl groups is 1. The quantitative estimate of drug-likeness (QED) is 0.844. The van der Waals surface area contributed by atoms with E-state index in [4.69, 9.17) is 9.84 Å². The first-order valence-electron chi connectivity index (χ1n) is 6.76. The Hall–Kier alpha value is -1.17. The Balaban J connectivity index is 1.99. The van der Waals surface area contributed by atoms with Gasteiger partial charge in [0.2, 0.25) is 5.88 Å². The molecule has 5 heteroatoms. The Morgan fingerprint density at radius 1 is 1.47 bits per heavy atom. The van der Waals surface area contributed by atoms with Gasteiger partial charge >= 0.3 is 0 Å². The highest BCUT2D eigenvalue weighted by molar-refractivity contribution is 5.25. The van der Waals surface area contributed by atoms with Crippen molar-refractivity contribution < 1.29 is 9.84 Å². The van der Waals surface area contributed by atoms with E-state index in [1.807, 2.05) is 6.07 Å². The third-order valence-electron chi connectivity index (χ3n) is 3.76. The lowest BCUT2D eigenvalue weighted by Crippen LogP contribution is -2.51. The number of pyridine rings is 1. The molecule has 19 heavy (non-hydrogen) atoms. The Morgan fingerprint density at radius 2 is 2.32 bits per heavy atom. The molecule has 0 bridgehead atoms. The van der Waals surface area contributed by atoms with E-state index in [9.17, 15) is 0 Å². The van der Waals surface area contributed by atoms with Crippen LogP contribution in [-0.2, 0) is 6.54 Å². The van der Waals surface area contributed by atoms with Crippen LogP contribution in [0.25, 0.3) is 0 Å². The highest BCUT2D eigenvalue weighted by Crippen LogP contribution is 2.19. The molecule has 106 valence electrons. The van der Waals surface area contributed by atoms with Gasteiger partial charge in [0.1, 0.15) is 0 Å². The fourth-order valence-electron chi connectivity index (χ4n) is 2.58. The van der Waals surface area contributed by atoms with Crippen molar-refractivity contribution in [1.82, 2.24) is 14.8 Å². The zero-order valence-electron chi connectivity index (χ0n) is 11.7. The molecule has 5 nitrogen and oxygen atoms in total. The van der Waals surface area contributed by atoms with Gasteiger partial charge in [-0.2, -0.15) is 0 Å². The highest BCUT2D eigenvalue weighted by Gasteiger charge is 2.24. The van der Waals surface area contributed by atoms with Crippen LogP contribution < -0.4 is 4.74 Å². The van der Waals surface area contributed by atoms with Crippen molar-refractivity contribution >= 4 is 0 Å². The number of aromatic nitrogens is 1. The number of methoxy groups -OCH3 is 1. The fraction of sp³-hybridized carbons (Fsp3) is 0.643. The number of hydrogen-bond acceptors (Lipinski definition) is 5. The summed E-state index contributed by atoms with van der Waals surface area (Å²) in [5.74, 6) is 0.708. The van der Waals surface area contributed by atoms with Gasteiger partial charge in [0, 0.05) is 50.6 Å². The molecule has 0 radical (unpaired) electrons. The molecule has 0 aromatic carbocycles. The molecule has 0 aliphatic carbocycles. The Kier molecular flexibility index (Phi) is 5.13. The van der Waals surface area contributed by atoms with Crippen LogP contribution in [0.2, 0.25) is 0 Å². The molecular formula is C14H23N3O2. The Labute approximate surface area is 114 Å². The molecule has 1 atom stereocenters. The first-order chi connectivity index (χ1) is 9.24. The smallest absolute Gasteiger partial charge is 0.217 e. The summed E-state index contributed by atoms with van der Waals surface area (Å²) in [5, 5.41) is 9.12. The molecule has 0 saturated carbocycles. The fourth-order valence-corrected chi connectivity index (χ4v) is 2.58. The number of nitrogens with zero attached hydrogens (tertiary/aromatic N) is 3. The van der Waals surface area contributed by atoms with Gasteiger partial charge in [-0.05, 0) is 19.5 Å². The molecular weight excluding hydrogens is 242 g/mol. The van der Waals surface area contributed by atoms with Crippen molar-refractivity contribution in [3.8, 4) is 5.88 Å². The van der Waals surface area contributed by atoms with Crippen molar-refractivity contribution in [2.45, 2.75) is 19.0 Å². The standard InChI is InChI=1S/C14H23N3O2/c1-16-7-8-17(11-13(16)5-9-18)10-12-4-3-6-15-14(12)19-2/h3-4,6,13,18H,5,7-11H2,1-2H3. The molecule has 2 rings (SSSR count). The van der Waals surface area contributed by atoms with E-state index in [2.05, 4.69) is 27.9 Å². The second-order valence-electron chi connectivity index (χ2n) is 5.05. The van der Waals surface area contributed by atoms with Crippen LogP contribution >= 0.6 is 0 Å². The highest BCUT2D eigenvalue weighted by atomic mass is 16.5. The first kappa shape index (κ1) is 14.2. The zero-order valence-corrected chi connectivity index (χ0v) is 11.7. The summed E-state index contributed by atoms with van der Waals surface area (Å²) in [4.78, 5) is 8.96. The Bertz CT molecular complexity index is 400. The van der Waals surface area contributed by atoms with Gasteiger partial charge in [0.25, 0.3) is 0 Å². The zero-order chi connectivity index (χ0) is 13.7. The minimum atomic E-state index is 0.249. The van der Waals surface area contributed by atoms with Crippen LogP contribution in [0.4, 0.5) is 0 Å². The van der Waals surface area contributed by atoms with E-state index in [1.54, 1.807) is 13.3 Å². The minimum absolute atomic E-state index is 0.249. The maximum absolute atomic E-state index is 9.12. The van der Waals surface area contributed by atoms with Gasteiger partial charge in [0.15, 0.2) is 0 Å². The molecule has 1 aliphatic heterocycles. The summed E-state index contributed by atoms with van der Waals surface area (Å²) in [5.41, 5.74) is 1.12. The summed E-state index contributed by atoms with van der Waals surface area (Å²) >= 11 is 0. The van der Waals surface area contributed by atoms with Crippen LogP contribution in [-0.4, -0.2) is 66.3 Å². The molecule has 1 saturated heterocycles. The van der Waals surface area contributed by atoms with E-state index in [1.165, 1.54) is 0 Å². The van der Waals surface area contributed by atoms with Gasteiger partial charge in [0.05, 0.1) is 7.11 Å². The van der Waals surface area contributed by atoms with E-state index >= 15 is 0 Å². The number of piperazine rings is 1. The summed E-state index contributed by atoms with van der Waals surface area (Å²) in [6.07, 6.45) is 2.58. The van der Waals surface area contributed by atoms with E-state index in [0.717, 1.165) is 38.2 Å². The average molecular weight is 265 g/mol. The molecule has 0 amide bonds. The second kappa shape index (κ2) is 6.84. The maximum atomic E-state index is 9.12. The lowest BCUT2D eigenvalue weighted by Gasteiger charge is -2.39. The van der Waals surface area contributed by atoms with Gasteiger partial charge in [-0.3, -0.25) is 4.90 Å². The molecule has 1 fully saturated rings. The largest absolute Gasteiger partial charge is 0.481 e. The van der Waals surface area contributed by atoms with Gasteiger partial charge in [-0.25, -0.2) is 4.98 Å². The average Bonchev–Trinajstić information content (AvgIpc) is 2.43. The van der Waals surface area contributed by atoms with Crippen molar-refractivity contribution in [1.29, 1.82) is 0 Å². The topological polar surface area (TPSA) is 48.8 Å². The van der Waals surface area contributed by atoms with Crippen molar-refractivity contribution in [2.75, 3.05) is 40.4 Å². The number of ether oxygens (including phenoxy) is 1. The summed E-state index contributed by atoms with van der Waals surface area (Å²) in [7, 11) is 3.78. The van der Waals surface area contributed by atoms with E-state index in [-0.39, 0.29) is 6.61 Å². The minimum Gasteiger partial charge on any atom is -0.481 e. The molecule has 2 heterocycles. The van der Waals surface area contributed by atoms with Gasteiger partial charge < -0.3 is 14.7 Å². The van der Waals surface area contributed by atoms with Gasteiger partial charge in [-0.1, -0.05) is 6.07 Å². The monoisotopic (exact) mass is 265 g/mol. The summed E-state index contributed by atoms with van der Waals surface area (Å²) in [6.45, 7) is 4.16. The molecule has 1 N–H and O–H groups in total. The van der Waals surface area contributed by atoms with Crippen LogP contribution in [0.3, 0.4) is 0 Å². The Morgan fingerprint density at radius 3 is 3.05 bits per heavy atom. The lowest BCUT2D eigenvalue weighted by atomic mass is 10.1. The van der Waals surface area contributed by atoms with Crippen molar-refractivity contribution in [3.05, 3.63) is 23.9 Å². The molecule has 1 aromatic rings. The van der Waals surface area contributed by atoms with E-state index in [0.29, 0.717) is 11.9 Å². The maximum Gasteiger partial charge on any atom is 0.217 e. The predicted octanol–water partition coefficient (Wildman–Crippen LogP) is 0.589. The number of hydrogen-bond donors (Lipinski definition) is 1. The predicted molar refractivity (Wildman–Crippen MR) is 74.2 cm³/mol. The normalized spacial score (nSPS) is 21.5. The van der Waals surface area contributed by atoms with Crippen molar-refractivity contribution in [3.63, 3.8) is 0 Å². The second-order valence-corrected chi connectivity index (χ2v) is 5.05. The van der Waals surface area contributed by atoms with E-state index < -0.39 is 0 Å². The number of rotatable bonds is 5. The van der Waals surface area contributed by atoms with Crippen LogP contribution in [0.5, 0.6) is 5.88 Å². The molecule has 1 aliphatic rings. The third-order valence-corrected chi connectivity index (χ3v) is 3.76. The van der Waals surface area contributed by atoms with Crippen molar-refractivity contribution in [2.24, 2.45) is 0 Å². The van der Waals surface area contributed by atoms with Crippen LogP contribution in [0.1, 0.15) is 12.0 Å². The summed E-state index contributed by atoms with van der Waals surface area (Å²) in [6, 6.07) is 4.44. The first-order valence-corrected chi connectivity index (χ1v) is 6.76. The SMILES string of the molecule is COc1ncccc1CN1CCN(C)C(CCO)C1. The van der Waals surface area contributed by atoms with Gasteiger partial charge in [-0.15, -0.1) is 0 Å². The molecule has 1 unspecified atom stereocenters. The van der Waals surface area contributed by atoms with Crippen LogP contribution in [0.15, 0.2) is 18.3 Å².